The van der Waals surface area contributed by atoms with Crippen LogP contribution in [0, 0.1) is 6.92 Å². The maximum absolute atomic E-state index is 11.8. The molecule has 0 fully saturated rings. The van der Waals surface area contributed by atoms with Gasteiger partial charge in [0.25, 0.3) is 5.91 Å². The van der Waals surface area contributed by atoms with Crippen LogP contribution >= 0.6 is 0 Å². The van der Waals surface area contributed by atoms with E-state index in [0.29, 0.717) is 12.2 Å². The predicted octanol–water partition coefficient (Wildman–Crippen LogP) is 0.978. The highest BCUT2D eigenvalue weighted by Crippen LogP contribution is 2.12. The summed E-state index contributed by atoms with van der Waals surface area (Å²) in [4.78, 5) is 13.4. The Bertz CT molecular complexity index is 475. The standard InChI is InChI=1S/C10H12N4O2/c1-7-8(3-4-16-7)6-14(2)10(15)9-5-11-13-12-9/h3-5H,6H2,1-2H3,(H,11,12,13). The second-order valence-corrected chi connectivity index (χ2v) is 3.52. The molecule has 6 nitrogen and oxygen atoms in total. The zero-order chi connectivity index (χ0) is 11.5. The van der Waals surface area contributed by atoms with Crippen LogP contribution in [-0.4, -0.2) is 33.3 Å². The highest BCUT2D eigenvalue weighted by molar-refractivity contribution is 5.91. The largest absolute Gasteiger partial charge is 0.469 e. The van der Waals surface area contributed by atoms with Gasteiger partial charge in [-0.2, -0.15) is 15.4 Å². The topological polar surface area (TPSA) is 75.0 Å². The van der Waals surface area contributed by atoms with Gasteiger partial charge in [-0.1, -0.05) is 0 Å². The van der Waals surface area contributed by atoms with Gasteiger partial charge in [0.15, 0.2) is 5.69 Å². The van der Waals surface area contributed by atoms with Crippen LogP contribution in [0.25, 0.3) is 0 Å². The average molecular weight is 220 g/mol. The van der Waals surface area contributed by atoms with Crippen molar-refractivity contribution in [1.82, 2.24) is 20.3 Å². The van der Waals surface area contributed by atoms with Crippen molar-refractivity contribution < 1.29 is 9.21 Å². The fraction of sp³-hybridized carbons (Fsp3) is 0.300. The van der Waals surface area contributed by atoms with Crippen LogP contribution in [0.3, 0.4) is 0 Å². The first kappa shape index (κ1) is 10.4. The molecule has 0 radical (unpaired) electrons. The number of furan rings is 1. The lowest BCUT2D eigenvalue weighted by Gasteiger charge is -2.14. The maximum atomic E-state index is 11.8. The van der Waals surface area contributed by atoms with Crippen molar-refractivity contribution in [2.45, 2.75) is 13.5 Å². The Morgan fingerprint density at radius 3 is 3.00 bits per heavy atom. The first-order valence-electron chi connectivity index (χ1n) is 4.82. The SMILES string of the molecule is Cc1occc1CN(C)C(=O)c1cn[nH]n1. The van der Waals surface area contributed by atoms with Crippen LogP contribution in [0.2, 0.25) is 0 Å². The molecule has 0 aliphatic carbocycles. The fourth-order valence-electron chi connectivity index (χ4n) is 1.40. The van der Waals surface area contributed by atoms with Crippen molar-refractivity contribution in [3.05, 3.63) is 35.5 Å². The van der Waals surface area contributed by atoms with E-state index in [9.17, 15) is 4.79 Å². The number of carbonyl (C=O) groups is 1. The van der Waals surface area contributed by atoms with Crippen LogP contribution in [0.15, 0.2) is 22.9 Å². The summed E-state index contributed by atoms with van der Waals surface area (Å²) in [7, 11) is 1.71. The smallest absolute Gasteiger partial charge is 0.276 e. The Balaban J connectivity index is 2.07. The molecule has 2 rings (SSSR count). The Kier molecular flexibility index (Phi) is 2.72. The van der Waals surface area contributed by atoms with Crippen LogP contribution in [0.1, 0.15) is 21.8 Å². The van der Waals surface area contributed by atoms with E-state index >= 15 is 0 Å². The summed E-state index contributed by atoms with van der Waals surface area (Å²) in [5.41, 5.74) is 1.29. The lowest BCUT2D eigenvalue weighted by molar-refractivity contribution is 0.0779. The molecular weight excluding hydrogens is 208 g/mol. The van der Waals surface area contributed by atoms with E-state index in [0.717, 1.165) is 11.3 Å². The number of amides is 1. The molecule has 0 unspecified atom stereocenters. The number of carbonyl (C=O) groups excluding carboxylic acids is 1. The number of aromatic amines is 1. The minimum Gasteiger partial charge on any atom is -0.469 e. The van der Waals surface area contributed by atoms with Crippen molar-refractivity contribution in [3.8, 4) is 0 Å². The van der Waals surface area contributed by atoms with E-state index in [1.54, 1.807) is 18.2 Å². The molecule has 2 heterocycles. The van der Waals surface area contributed by atoms with Gasteiger partial charge >= 0.3 is 0 Å². The molecule has 6 heteroatoms. The highest BCUT2D eigenvalue weighted by Gasteiger charge is 2.15. The molecule has 1 amide bonds. The van der Waals surface area contributed by atoms with Crippen molar-refractivity contribution in [2.24, 2.45) is 0 Å². The van der Waals surface area contributed by atoms with Crippen molar-refractivity contribution in [3.63, 3.8) is 0 Å². The van der Waals surface area contributed by atoms with Gasteiger partial charge in [-0.15, -0.1) is 0 Å². The van der Waals surface area contributed by atoms with Gasteiger partial charge in [0.2, 0.25) is 0 Å². The molecule has 2 aromatic rings. The monoisotopic (exact) mass is 220 g/mol. The molecule has 84 valence electrons. The second-order valence-electron chi connectivity index (χ2n) is 3.52. The van der Waals surface area contributed by atoms with Crippen LogP contribution in [0.5, 0.6) is 0 Å². The zero-order valence-electron chi connectivity index (χ0n) is 9.10. The number of aromatic nitrogens is 3. The number of nitrogens with zero attached hydrogens (tertiary/aromatic N) is 3. The molecule has 1 N–H and O–H groups in total. The van der Waals surface area contributed by atoms with Gasteiger partial charge in [-0.3, -0.25) is 4.79 Å². The molecule has 0 atom stereocenters. The average Bonchev–Trinajstić information content (AvgIpc) is 2.89. The normalized spacial score (nSPS) is 10.4. The molecule has 2 aromatic heterocycles. The summed E-state index contributed by atoms with van der Waals surface area (Å²) < 4.78 is 5.16. The number of hydrogen-bond donors (Lipinski definition) is 1. The van der Waals surface area contributed by atoms with Crippen molar-refractivity contribution in [2.75, 3.05) is 7.05 Å². The van der Waals surface area contributed by atoms with E-state index in [4.69, 9.17) is 4.42 Å². The van der Waals surface area contributed by atoms with Crippen LogP contribution in [0.4, 0.5) is 0 Å². The van der Waals surface area contributed by atoms with E-state index in [-0.39, 0.29) is 5.91 Å². The van der Waals surface area contributed by atoms with Gasteiger partial charge < -0.3 is 9.32 Å². The quantitative estimate of drug-likeness (QED) is 0.836. The van der Waals surface area contributed by atoms with Gasteiger partial charge in [-0.05, 0) is 13.0 Å². The summed E-state index contributed by atoms with van der Waals surface area (Å²) in [6.07, 6.45) is 3.01. The summed E-state index contributed by atoms with van der Waals surface area (Å²) in [5, 5.41) is 9.75. The minimum absolute atomic E-state index is 0.172. The molecule has 0 aliphatic rings. The summed E-state index contributed by atoms with van der Waals surface area (Å²) in [5.74, 6) is 0.647. The van der Waals surface area contributed by atoms with Crippen molar-refractivity contribution in [1.29, 1.82) is 0 Å². The van der Waals surface area contributed by atoms with E-state index in [1.807, 2.05) is 13.0 Å². The fourth-order valence-corrected chi connectivity index (χ4v) is 1.40. The summed E-state index contributed by atoms with van der Waals surface area (Å²) >= 11 is 0. The molecule has 16 heavy (non-hydrogen) atoms. The number of nitrogens with one attached hydrogen (secondary N) is 1. The van der Waals surface area contributed by atoms with Gasteiger partial charge in [0.05, 0.1) is 12.5 Å². The second kappa shape index (κ2) is 4.18. The van der Waals surface area contributed by atoms with E-state index < -0.39 is 0 Å². The van der Waals surface area contributed by atoms with E-state index in [1.165, 1.54) is 6.20 Å². The number of aryl methyl sites for hydroxylation is 1. The summed E-state index contributed by atoms with van der Waals surface area (Å²) in [6.45, 7) is 2.36. The van der Waals surface area contributed by atoms with Crippen molar-refractivity contribution >= 4 is 5.91 Å². The lowest BCUT2D eigenvalue weighted by Crippen LogP contribution is -2.26. The third-order valence-corrected chi connectivity index (χ3v) is 2.35. The van der Waals surface area contributed by atoms with Crippen LogP contribution in [-0.2, 0) is 6.54 Å². The van der Waals surface area contributed by atoms with Gasteiger partial charge in [0, 0.05) is 19.2 Å². The van der Waals surface area contributed by atoms with E-state index in [2.05, 4.69) is 15.4 Å². The predicted molar refractivity (Wildman–Crippen MR) is 55.6 cm³/mol. The Hall–Kier alpha value is -2.11. The third kappa shape index (κ3) is 1.95. The van der Waals surface area contributed by atoms with Crippen LogP contribution < -0.4 is 0 Å². The molecular formula is C10H12N4O2. The number of H-pyrrole nitrogens is 1. The Morgan fingerprint density at radius 1 is 1.62 bits per heavy atom. The zero-order valence-corrected chi connectivity index (χ0v) is 9.10. The lowest BCUT2D eigenvalue weighted by atomic mass is 10.2. The maximum Gasteiger partial charge on any atom is 0.276 e. The molecule has 0 bridgehead atoms. The molecule has 0 aromatic carbocycles. The Labute approximate surface area is 92.2 Å². The number of hydrogen-bond acceptors (Lipinski definition) is 4. The first-order chi connectivity index (χ1) is 7.68. The molecule has 0 saturated carbocycles. The van der Waals surface area contributed by atoms with Gasteiger partial charge in [-0.25, -0.2) is 0 Å². The molecule has 0 spiro atoms. The third-order valence-electron chi connectivity index (χ3n) is 2.35. The first-order valence-corrected chi connectivity index (χ1v) is 4.82. The molecule has 0 saturated heterocycles. The van der Waals surface area contributed by atoms with Gasteiger partial charge in [0.1, 0.15) is 5.76 Å². The highest BCUT2D eigenvalue weighted by atomic mass is 16.3. The number of rotatable bonds is 3. The summed E-state index contributed by atoms with van der Waals surface area (Å²) in [6, 6.07) is 1.85. The molecule has 0 aliphatic heterocycles. The minimum atomic E-state index is -0.172. The Morgan fingerprint density at radius 2 is 2.44 bits per heavy atom.